The highest BCUT2D eigenvalue weighted by atomic mass is 16.5. The Morgan fingerprint density at radius 1 is 0.951 bits per heavy atom. The number of carboxylic acid groups (broad SMARTS) is 1. The highest BCUT2D eigenvalue weighted by Crippen LogP contribution is 2.40. The van der Waals surface area contributed by atoms with E-state index in [1.54, 1.807) is 0 Å². The minimum absolute atomic E-state index is 0.420. The van der Waals surface area contributed by atoms with Crippen LogP contribution < -0.4 is 4.74 Å². The molecule has 3 aromatic carbocycles. The van der Waals surface area contributed by atoms with Crippen LogP contribution in [0.4, 0.5) is 0 Å². The van der Waals surface area contributed by atoms with Crippen LogP contribution in [0, 0.1) is 0 Å². The molecule has 0 fully saturated rings. The summed E-state index contributed by atoms with van der Waals surface area (Å²) in [6, 6.07) is 20.7. The van der Waals surface area contributed by atoms with E-state index in [9.17, 15) is 9.90 Å². The predicted molar refractivity (Wildman–Crippen MR) is 162 cm³/mol. The Morgan fingerprint density at radius 2 is 1.78 bits per heavy atom. The smallest absolute Gasteiger partial charge is 0.352 e. The van der Waals surface area contributed by atoms with Gasteiger partial charge in [0.2, 0.25) is 0 Å². The van der Waals surface area contributed by atoms with E-state index in [0.717, 1.165) is 96.0 Å². The highest BCUT2D eigenvalue weighted by Gasteiger charge is 2.29. The lowest BCUT2D eigenvalue weighted by Gasteiger charge is -2.21. The summed E-state index contributed by atoms with van der Waals surface area (Å²) >= 11 is 0. The van der Waals surface area contributed by atoms with Crippen LogP contribution in [0.2, 0.25) is 0 Å². The number of aryl methyl sites for hydroxylation is 3. The minimum Gasteiger partial charge on any atom is -0.493 e. The molecule has 0 saturated heterocycles. The fourth-order valence-electron chi connectivity index (χ4n) is 6.96. The zero-order valence-corrected chi connectivity index (χ0v) is 23.6. The third-order valence-electron chi connectivity index (χ3n) is 8.74. The maximum atomic E-state index is 12.9. The third-order valence-corrected chi connectivity index (χ3v) is 8.74. The summed E-state index contributed by atoms with van der Waals surface area (Å²) in [5.74, 6) is 0.00656. The fourth-order valence-corrected chi connectivity index (χ4v) is 6.96. The Bertz CT molecular complexity index is 1760. The van der Waals surface area contributed by atoms with Gasteiger partial charge in [-0.3, -0.25) is 4.68 Å². The van der Waals surface area contributed by atoms with Crippen molar-refractivity contribution in [1.29, 1.82) is 0 Å². The van der Waals surface area contributed by atoms with E-state index in [2.05, 4.69) is 57.6 Å². The van der Waals surface area contributed by atoms with Gasteiger partial charge in [0.25, 0.3) is 0 Å². The molecule has 0 amide bonds. The van der Waals surface area contributed by atoms with Crippen LogP contribution >= 0.6 is 0 Å². The van der Waals surface area contributed by atoms with E-state index < -0.39 is 5.97 Å². The number of benzene rings is 3. The number of para-hydroxylation sites is 1. The van der Waals surface area contributed by atoms with Crippen molar-refractivity contribution in [2.45, 2.75) is 58.2 Å². The molecule has 2 aliphatic heterocycles. The highest BCUT2D eigenvalue weighted by molar-refractivity contribution is 6.04. The number of aromatic nitrogens is 3. The molecule has 0 aliphatic carbocycles. The second kappa shape index (κ2) is 10.7. The lowest BCUT2D eigenvalue weighted by atomic mass is 9.95. The van der Waals surface area contributed by atoms with Crippen molar-refractivity contribution in [3.63, 3.8) is 0 Å². The molecule has 0 radical (unpaired) electrons. The molecule has 41 heavy (non-hydrogen) atoms. The van der Waals surface area contributed by atoms with E-state index in [0.29, 0.717) is 25.3 Å². The SMILES string of the molecule is CN1CCCn2c(C(=O)O)c(CCCOc3cccc4ccccc34)c3cccc(c32)-c2c(nn3c2CCCC3)C1. The summed E-state index contributed by atoms with van der Waals surface area (Å²) in [6.45, 7) is 3.83. The normalized spacial score (nSPS) is 15.5. The molecule has 2 aromatic heterocycles. The Hall–Kier alpha value is -4.10. The monoisotopic (exact) mass is 548 g/mol. The number of hydrogen-bond acceptors (Lipinski definition) is 4. The summed E-state index contributed by atoms with van der Waals surface area (Å²) in [6.07, 6.45) is 5.56. The quantitative estimate of drug-likeness (QED) is 0.244. The predicted octanol–water partition coefficient (Wildman–Crippen LogP) is 6.54. The van der Waals surface area contributed by atoms with E-state index in [1.807, 2.05) is 24.3 Å². The zero-order valence-electron chi connectivity index (χ0n) is 23.6. The topological polar surface area (TPSA) is 72.5 Å². The van der Waals surface area contributed by atoms with Crippen LogP contribution in [0.1, 0.15) is 53.1 Å². The summed E-state index contributed by atoms with van der Waals surface area (Å²) in [5, 5.41) is 18.9. The van der Waals surface area contributed by atoms with E-state index in [-0.39, 0.29) is 0 Å². The van der Waals surface area contributed by atoms with Gasteiger partial charge >= 0.3 is 5.97 Å². The first-order chi connectivity index (χ1) is 20.1. The van der Waals surface area contributed by atoms with Gasteiger partial charge in [-0.25, -0.2) is 4.79 Å². The molecule has 0 unspecified atom stereocenters. The van der Waals surface area contributed by atoms with Crippen molar-refractivity contribution in [3.05, 3.63) is 83.3 Å². The van der Waals surface area contributed by atoms with Crippen LogP contribution in [0.5, 0.6) is 5.75 Å². The number of fused-ring (bicyclic) bond motifs is 5. The van der Waals surface area contributed by atoms with Gasteiger partial charge in [-0.05, 0) is 69.1 Å². The summed E-state index contributed by atoms with van der Waals surface area (Å²) < 4.78 is 10.5. The molecule has 0 bridgehead atoms. The van der Waals surface area contributed by atoms with Crippen molar-refractivity contribution >= 4 is 27.6 Å². The lowest BCUT2D eigenvalue weighted by molar-refractivity contribution is 0.0684. The Labute approximate surface area is 239 Å². The lowest BCUT2D eigenvalue weighted by Crippen LogP contribution is -2.22. The molecule has 0 saturated carbocycles. The first-order valence-electron chi connectivity index (χ1n) is 14.9. The standard InChI is InChI=1S/C34H36N4O3/c1-36-18-9-19-37-32-25(13-7-14-27(32)31-28(22-36)35-38-20-5-4-16-29(31)38)26(33(37)34(39)40)15-8-21-41-30-17-6-11-23-10-2-3-12-24(23)30/h2-3,6-7,10-14,17H,4-5,8-9,15-16,18-22H2,1H3,(H,39,40). The average Bonchev–Trinajstić information content (AvgIpc) is 3.50. The second-order valence-electron chi connectivity index (χ2n) is 11.5. The average molecular weight is 549 g/mol. The van der Waals surface area contributed by atoms with Gasteiger partial charge in [0.15, 0.2) is 0 Å². The van der Waals surface area contributed by atoms with E-state index in [4.69, 9.17) is 9.84 Å². The van der Waals surface area contributed by atoms with Gasteiger partial charge in [0.05, 0.1) is 17.8 Å². The van der Waals surface area contributed by atoms with Gasteiger partial charge in [0, 0.05) is 47.2 Å². The van der Waals surface area contributed by atoms with Crippen molar-refractivity contribution in [2.75, 3.05) is 20.2 Å². The molecule has 2 aliphatic rings. The van der Waals surface area contributed by atoms with Crippen LogP contribution in [0.3, 0.4) is 0 Å². The summed E-state index contributed by atoms with van der Waals surface area (Å²) in [7, 11) is 2.14. The number of rotatable bonds is 6. The van der Waals surface area contributed by atoms with E-state index in [1.165, 1.54) is 11.3 Å². The van der Waals surface area contributed by atoms with Crippen molar-refractivity contribution in [3.8, 4) is 16.9 Å². The van der Waals surface area contributed by atoms with Crippen LogP contribution in [0.15, 0.2) is 60.7 Å². The Morgan fingerprint density at radius 3 is 2.68 bits per heavy atom. The summed E-state index contributed by atoms with van der Waals surface area (Å²) in [4.78, 5) is 15.2. The second-order valence-corrected chi connectivity index (χ2v) is 11.5. The fraction of sp³-hybridized carbons (Fsp3) is 0.353. The third kappa shape index (κ3) is 4.58. The van der Waals surface area contributed by atoms with Crippen LogP contribution in [0.25, 0.3) is 32.8 Å². The molecule has 7 nitrogen and oxygen atoms in total. The number of ether oxygens (including phenoxy) is 1. The number of hydrogen-bond donors (Lipinski definition) is 1. The van der Waals surface area contributed by atoms with Gasteiger partial charge < -0.3 is 19.3 Å². The molecule has 0 atom stereocenters. The number of carbonyl (C=O) groups is 1. The van der Waals surface area contributed by atoms with Gasteiger partial charge in [-0.15, -0.1) is 0 Å². The molecule has 7 rings (SSSR count). The minimum atomic E-state index is -0.861. The van der Waals surface area contributed by atoms with Crippen molar-refractivity contribution < 1.29 is 14.6 Å². The first kappa shape index (κ1) is 25.8. The number of aromatic carboxylic acids is 1. The largest absolute Gasteiger partial charge is 0.493 e. The maximum Gasteiger partial charge on any atom is 0.352 e. The zero-order chi connectivity index (χ0) is 27.9. The van der Waals surface area contributed by atoms with E-state index >= 15 is 0 Å². The van der Waals surface area contributed by atoms with Gasteiger partial charge in [0.1, 0.15) is 11.4 Å². The van der Waals surface area contributed by atoms with Gasteiger partial charge in [-0.1, -0.05) is 54.6 Å². The van der Waals surface area contributed by atoms with Crippen LogP contribution in [-0.2, 0) is 32.5 Å². The molecule has 4 heterocycles. The number of carboxylic acids is 1. The molecule has 0 spiro atoms. The van der Waals surface area contributed by atoms with Crippen LogP contribution in [-0.4, -0.2) is 50.5 Å². The maximum absolute atomic E-state index is 12.9. The first-order valence-corrected chi connectivity index (χ1v) is 14.9. The van der Waals surface area contributed by atoms with Crippen molar-refractivity contribution in [1.82, 2.24) is 19.2 Å². The molecular formula is C34H36N4O3. The Kier molecular flexibility index (Phi) is 6.75. The summed E-state index contributed by atoms with van der Waals surface area (Å²) in [5.41, 5.74) is 7.11. The van der Waals surface area contributed by atoms with Crippen molar-refractivity contribution in [2.24, 2.45) is 0 Å². The van der Waals surface area contributed by atoms with Gasteiger partial charge in [-0.2, -0.15) is 5.10 Å². The molecular weight excluding hydrogens is 512 g/mol. The molecule has 5 aromatic rings. The molecule has 1 N–H and O–H groups in total. The molecule has 7 heteroatoms. The number of nitrogens with zero attached hydrogens (tertiary/aromatic N) is 4. The molecule has 210 valence electrons. The Balaban J connectivity index is 1.29.